The van der Waals surface area contributed by atoms with E-state index >= 15 is 0 Å². The number of halogens is 1. The molecule has 1 N–H and O–H groups in total. The van der Waals surface area contributed by atoms with Crippen LogP contribution in [-0.2, 0) is 18.8 Å². The van der Waals surface area contributed by atoms with Crippen molar-refractivity contribution in [2.24, 2.45) is 0 Å². The Bertz CT molecular complexity index is 1440. The Morgan fingerprint density at radius 2 is 1.75 bits per heavy atom. The molecule has 0 aliphatic carbocycles. The number of ether oxygens (including phenoxy) is 2. The van der Waals surface area contributed by atoms with Crippen molar-refractivity contribution >= 4 is 23.2 Å². The molecule has 3 heterocycles. The number of benzene rings is 2. The average Bonchev–Trinajstić information content (AvgIpc) is 3.20. The van der Waals surface area contributed by atoms with Gasteiger partial charge in [-0.15, -0.1) is 0 Å². The van der Waals surface area contributed by atoms with E-state index in [1.165, 1.54) is 0 Å². The standard InChI is InChI=1S/C28H30ClN3O4/c1-15-13-16(2)30-26(33)21(15)14-32-12-11-20-22(27(32)34)17(3)24-25(23(20)29)36-28(4,35-24)18-7-9-19(10-8-18)31(5)6/h7-10,13H,11-12,14H2,1-6H3,(H,30,33). The number of hydrogen-bond acceptors (Lipinski definition) is 5. The van der Waals surface area contributed by atoms with Crippen LogP contribution in [0.15, 0.2) is 35.1 Å². The van der Waals surface area contributed by atoms with E-state index < -0.39 is 5.79 Å². The summed E-state index contributed by atoms with van der Waals surface area (Å²) in [6.07, 6.45) is 0.564. The van der Waals surface area contributed by atoms with E-state index in [4.69, 9.17) is 21.1 Å². The minimum absolute atomic E-state index is 0.162. The molecule has 36 heavy (non-hydrogen) atoms. The van der Waals surface area contributed by atoms with Crippen LogP contribution in [0.2, 0.25) is 5.02 Å². The fraction of sp³-hybridized carbons (Fsp3) is 0.357. The van der Waals surface area contributed by atoms with Crippen LogP contribution in [-0.4, -0.2) is 36.4 Å². The van der Waals surface area contributed by atoms with Gasteiger partial charge in [-0.05, 0) is 68.7 Å². The number of hydrogen-bond donors (Lipinski definition) is 1. The van der Waals surface area contributed by atoms with E-state index in [9.17, 15) is 9.59 Å². The van der Waals surface area contributed by atoms with Crippen molar-refractivity contribution in [3.8, 4) is 11.5 Å². The maximum atomic E-state index is 13.7. The monoisotopic (exact) mass is 507 g/mol. The zero-order valence-corrected chi connectivity index (χ0v) is 22.2. The maximum Gasteiger partial charge on any atom is 0.275 e. The highest BCUT2D eigenvalue weighted by molar-refractivity contribution is 6.34. The molecule has 1 aromatic heterocycles. The molecule has 3 aromatic rings. The van der Waals surface area contributed by atoms with Crippen LogP contribution in [0.1, 0.15) is 50.8 Å². The second-order valence-corrected chi connectivity index (χ2v) is 10.3. The number of aryl methyl sites for hydroxylation is 2. The molecule has 0 saturated carbocycles. The van der Waals surface area contributed by atoms with Gasteiger partial charge in [-0.2, -0.15) is 0 Å². The lowest BCUT2D eigenvalue weighted by Gasteiger charge is -2.30. The summed E-state index contributed by atoms with van der Waals surface area (Å²) in [4.78, 5) is 32.8. The third-order valence-corrected chi connectivity index (χ3v) is 7.56. The molecule has 0 spiro atoms. The second kappa shape index (κ2) is 8.59. The first kappa shape index (κ1) is 24.3. The Kier molecular flexibility index (Phi) is 5.79. The minimum Gasteiger partial charge on any atom is -0.444 e. The van der Waals surface area contributed by atoms with Crippen LogP contribution in [0, 0.1) is 20.8 Å². The summed E-state index contributed by atoms with van der Waals surface area (Å²) in [6.45, 7) is 8.16. The zero-order chi connectivity index (χ0) is 25.9. The van der Waals surface area contributed by atoms with Crippen LogP contribution >= 0.6 is 11.6 Å². The van der Waals surface area contributed by atoms with Crippen LogP contribution in [0.4, 0.5) is 5.69 Å². The van der Waals surface area contributed by atoms with Gasteiger partial charge in [-0.3, -0.25) is 9.59 Å². The number of carbonyl (C=O) groups is 1. The number of aromatic nitrogens is 1. The first-order valence-corrected chi connectivity index (χ1v) is 12.4. The van der Waals surface area contributed by atoms with Crippen LogP contribution in [0.5, 0.6) is 11.5 Å². The molecule has 1 unspecified atom stereocenters. The van der Waals surface area contributed by atoms with Crippen LogP contribution in [0.25, 0.3) is 0 Å². The number of carbonyl (C=O) groups excluding carboxylic acids is 1. The molecular weight excluding hydrogens is 478 g/mol. The van der Waals surface area contributed by atoms with E-state index in [1.54, 1.807) is 4.90 Å². The number of anilines is 1. The molecule has 1 atom stereocenters. The molecule has 2 aliphatic rings. The molecule has 2 aliphatic heterocycles. The summed E-state index contributed by atoms with van der Waals surface area (Å²) < 4.78 is 12.7. The Morgan fingerprint density at radius 1 is 1.08 bits per heavy atom. The van der Waals surface area contributed by atoms with Gasteiger partial charge in [0, 0.05) is 55.6 Å². The zero-order valence-electron chi connectivity index (χ0n) is 21.4. The highest BCUT2D eigenvalue weighted by atomic mass is 35.5. The number of H-pyrrole nitrogens is 1. The molecule has 0 radical (unpaired) electrons. The van der Waals surface area contributed by atoms with Crippen molar-refractivity contribution in [3.05, 3.63) is 84.8 Å². The van der Waals surface area contributed by atoms with Gasteiger partial charge in [0.1, 0.15) is 0 Å². The number of aromatic amines is 1. The number of fused-ring (bicyclic) bond motifs is 2. The van der Waals surface area contributed by atoms with Gasteiger partial charge in [0.15, 0.2) is 11.5 Å². The van der Waals surface area contributed by atoms with E-state index in [2.05, 4.69) is 4.98 Å². The van der Waals surface area contributed by atoms with Crippen LogP contribution in [0.3, 0.4) is 0 Å². The summed E-state index contributed by atoms with van der Waals surface area (Å²) >= 11 is 6.83. The summed E-state index contributed by atoms with van der Waals surface area (Å²) in [5, 5.41) is 0.414. The fourth-order valence-corrected chi connectivity index (χ4v) is 5.43. The molecule has 7 nitrogen and oxygen atoms in total. The molecular formula is C28H30ClN3O4. The van der Waals surface area contributed by atoms with Gasteiger partial charge < -0.3 is 24.3 Å². The van der Waals surface area contributed by atoms with Crippen molar-refractivity contribution < 1.29 is 14.3 Å². The smallest absolute Gasteiger partial charge is 0.275 e. The molecule has 188 valence electrons. The topological polar surface area (TPSA) is 74.9 Å². The van der Waals surface area contributed by atoms with Gasteiger partial charge in [0.05, 0.1) is 17.1 Å². The van der Waals surface area contributed by atoms with E-state index in [-0.39, 0.29) is 18.0 Å². The third kappa shape index (κ3) is 3.82. The Balaban J connectivity index is 1.49. The molecule has 8 heteroatoms. The number of amides is 1. The van der Waals surface area contributed by atoms with Gasteiger partial charge >= 0.3 is 0 Å². The van der Waals surface area contributed by atoms with E-state index in [0.29, 0.717) is 46.2 Å². The normalized spacial score (nSPS) is 18.4. The van der Waals surface area contributed by atoms with Crippen LogP contribution < -0.4 is 19.9 Å². The second-order valence-electron chi connectivity index (χ2n) is 9.96. The fourth-order valence-electron chi connectivity index (χ4n) is 5.11. The Morgan fingerprint density at radius 3 is 2.39 bits per heavy atom. The van der Waals surface area contributed by atoms with E-state index in [1.807, 2.05) is 77.0 Å². The lowest BCUT2D eigenvalue weighted by atomic mass is 9.93. The van der Waals surface area contributed by atoms with Crippen molar-refractivity contribution in [2.45, 2.75) is 46.4 Å². The summed E-state index contributed by atoms with van der Waals surface area (Å²) in [6, 6.07) is 9.88. The molecule has 0 saturated heterocycles. The van der Waals surface area contributed by atoms with Gasteiger partial charge in [-0.25, -0.2) is 0 Å². The Hall–Kier alpha value is -3.45. The third-order valence-electron chi connectivity index (χ3n) is 7.17. The summed E-state index contributed by atoms with van der Waals surface area (Å²) in [5.74, 6) is -0.275. The first-order chi connectivity index (χ1) is 17.0. The predicted molar refractivity (Wildman–Crippen MR) is 141 cm³/mol. The quantitative estimate of drug-likeness (QED) is 0.545. The maximum absolute atomic E-state index is 13.7. The van der Waals surface area contributed by atoms with Gasteiger partial charge in [-0.1, -0.05) is 11.6 Å². The molecule has 0 fully saturated rings. The van der Waals surface area contributed by atoms with E-state index in [0.717, 1.165) is 28.1 Å². The SMILES string of the molecule is Cc1cc(C)c(CN2CCc3c(Cl)c4c(c(C)c3C2=O)OC(C)(c2ccc(N(C)C)cc2)O4)c(=O)[nH]1. The van der Waals surface area contributed by atoms with Gasteiger partial charge in [0.25, 0.3) is 17.3 Å². The van der Waals surface area contributed by atoms with Gasteiger partial charge in [0.2, 0.25) is 0 Å². The number of nitrogens with zero attached hydrogens (tertiary/aromatic N) is 2. The Labute approximate surface area is 215 Å². The average molecular weight is 508 g/mol. The number of rotatable bonds is 4. The van der Waals surface area contributed by atoms with Crippen molar-refractivity contribution in [1.29, 1.82) is 0 Å². The minimum atomic E-state index is -1.07. The summed E-state index contributed by atoms with van der Waals surface area (Å²) in [7, 11) is 3.97. The largest absolute Gasteiger partial charge is 0.444 e. The van der Waals surface area contributed by atoms with Crippen molar-refractivity contribution in [2.75, 3.05) is 25.5 Å². The van der Waals surface area contributed by atoms with Crippen molar-refractivity contribution in [3.63, 3.8) is 0 Å². The lowest BCUT2D eigenvalue weighted by Crippen LogP contribution is -2.39. The number of pyridine rings is 1. The van der Waals surface area contributed by atoms with Crippen molar-refractivity contribution in [1.82, 2.24) is 9.88 Å². The lowest BCUT2D eigenvalue weighted by molar-refractivity contribution is -0.0682. The molecule has 0 bridgehead atoms. The molecule has 1 amide bonds. The number of nitrogens with one attached hydrogen (secondary N) is 1. The molecule has 5 rings (SSSR count). The predicted octanol–water partition coefficient (Wildman–Crippen LogP) is 4.86. The first-order valence-electron chi connectivity index (χ1n) is 12.0. The highest BCUT2D eigenvalue weighted by Gasteiger charge is 2.44. The summed E-state index contributed by atoms with van der Waals surface area (Å²) in [5.41, 5.74) is 6.00. The highest BCUT2D eigenvalue weighted by Crippen LogP contribution is 2.53. The molecule has 2 aromatic carbocycles.